The third kappa shape index (κ3) is 8.17. The summed E-state index contributed by atoms with van der Waals surface area (Å²) in [4.78, 5) is 0. The fourth-order valence-electron chi connectivity index (χ4n) is 2.80. The van der Waals surface area contributed by atoms with Gasteiger partial charge in [0.15, 0.2) is 8.32 Å². The van der Waals surface area contributed by atoms with Gasteiger partial charge in [0, 0.05) is 6.61 Å². The van der Waals surface area contributed by atoms with E-state index in [1.54, 1.807) is 0 Å². The van der Waals surface area contributed by atoms with Gasteiger partial charge in [0.05, 0.1) is 25.5 Å². The van der Waals surface area contributed by atoms with Crippen molar-refractivity contribution < 1.29 is 22.7 Å². The summed E-state index contributed by atoms with van der Waals surface area (Å²) < 4.78 is 35.3. The lowest BCUT2D eigenvalue weighted by Gasteiger charge is -2.38. The van der Waals surface area contributed by atoms with Crippen LogP contribution < -0.4 is 0 Å². The molecule has 0 aromatic rings. The molecule has 4 nitrogen and oxygen atoms in total. The van der Waals surface area contributed by atoms with Crippen LogP contribution in [0.4, 0.5) is 4.39 Å². The van der Waals surface area contributed by atoms with E-state index in [0.717, 1.165) is 38.7 Å². The van der Waals surface area contributed by atoms with E-state index in [2.05, 4.69) is 33.1 Å². The molecule has 0 radical (unpaired) electrons. The first-order valence-corrected chi connectivity index (χ1v) is 14.5. The lowest BCUT2D eigenvalue weighted by Crippen LogP contribution is -2.53. The molecule has 0 aromatic heterocycles. The Morgan fingerprint density at radius 2 is 1.91 bits per heavy atom. The van der Waals surface area contributed by atoms with Crippen molar-refractivity contribution >= 4 is 16.6 Å². The summed E-state index contributed by atoms with van der Waals surface area (Å²) in [5.41, 5.74) is 0.0679. The van der Waals surface area contributed by atoms with Crippen molar-refractivity contribution in [3.63, 3.8) is 0 Å². The monoisotopic (exact) mass is 352 g/mol. The van der Waals surface area contributed by atoms with Crippen LogP contribution in [0, 0.1) is 0 Å². The van der Waals surface area contributed by atoms with Crippen molar-refractivity contribution in [1.82, 2.24) is 0 Å². The number of ether oxygens (including phenoxy) is 3. The zero-order chi connectivity index (χ0) is 16.6. The fourth-order valence-corrected chi connectivity index (χ4v) is 11.9. The molecule has 1 aliphatic heterocycles. The first-order valence-electron chi connectivity index (χ1n) is 8.38. The third-order valence-corrected chi connectivity index (χ3v) is 11.9. The van der Waals surface area contributed by atoms with E-state index in [-0.39, 0.29) is 12.3 Å². The minimum Gasteiger partial charge on any atom is -0.454 e. The van der Waals surface area contributed by atoms with Gasteiger partial charge in [-0.1, -0.05) is 6.92 Å². The van der Waals surface area contributed by atoms with Crippen LogP contribution in [0.3, 0.4) is 0 Å². The zero-order valence-corrected chi connectivity index (χ0v) is 16.8. The van der Waals surface area contributed by atoms with Gasteiger partial charge in [-0.05, 0) is 45.1 Å². The quantitative estimate of drug-likeness (QED) is 0.289. The third-order valence-electron chi connectivity index (χ3n) is 3.86. The van der Waals surface area contributed by atoms with Crippen molar-refractivity contribution in [1.29, 1.82) is 0 Å². The summed E-state index contributed by atoms with van der Waals surface area (Å²) in [6, 6.07) is 1.08. The molecule has 1 fully saturated rings. The number of halogens is 1. The smallest absolute Gasteiger partial charge is 0.202 e. The van der Waals surface area contributed by atoms with Gasteiger partial charge in [-0.25, -0.2) is 4.39 Å². The van der Waals surface area contributed by atoms with Gasteiger partial charge < -0.3 is 18.3 Å². The summed E-state index contributed by atoms with van der Waals surface area (Å²) in [5.74, 6) is 0. The molecule has 0 spiro atoms. The predicted octanol–water partition coefficient (Wildman–Crippen LogP) is 3.52. The van der Waals surface area contributed by atoms with E-state index >= 15 is 0 Å². The van der Waals surface area contributed by atoms with Gasteiger partial charge in [-0.3, -0.25) is 0 Å². The van der Waals surface area contributed by atoms with Crippen molar-refractivity contribution in [3.8, 4) is 0 Å². The lowest BCUT2D eigenvalue weighted by molar-refractivity contribution is 0.0766. The molecule has 0 bridgehead atoms. The van der Waals surface area contributed by atoms with Gasteiger partial charge in [-0.2, -0.15) is 0 Å². The Balaban J connectivity index is 2.31. The second-order valence-electron chi connectivity index (χ2n) is 7.06. The lowest BCUT2D eigenvalue weighted by atomic mass is 10.5. The van der Waals surface area contributed by atoms with Crippen LogP contribution in [0.15, 0.2) is 0 Å². The Labute approximate surface area is 136 Å². The summed E-state index contributed by atoms with van der Waals surface area (Å²) in [7, 11) is -3.71. The van der Waals surface area contributed by atoms with Gasteiger partial charge in [0.25, 0.3) is 0 Å². The SMILES string of the molecule is CCC(OCCF)[Si](C)(C)O[Si](C)(C)CCCOCC1CO1. The minimum absolute atomic E-state index is 0.0679. The molecule has 0 amide bonds. The summed E-state index contributed by atoms with van der Waals surface area (Å²) in [6.07, 6.45) is 2.25. The highest BCUT2D eigenvalue weighted by Crippen LogP contribution is 2.25. The van der Waals surface area contributed by atoms with Gasteiger partial charge in [0.2, 0.25) is 8.32 Å². The van der Waals surface area contributed by atoms with Gasteiger partial charge in [0.1, 0.15) is 12.8 Å². The van der Waals surface area contributed by atoms with Crippen LogP contribution in [0.5, 0.6) is 0 Å². The standard InChI is InChI=1S/C15H33FO4Si2/c1-6-15(18-10-8-16)22(4,5)20-21(2,3)11-7-9-17-12-14-13-19-14/h14-15H,6-13H2,1-5H3. The topological polar surface area (TPSA) is 40.2 Å². The van der Waals surface area contributed by atoms with Crippen molar-refractivity contribution in [2.75, 3.05) is 33.1 Å². The van der Waals surface area contributed by atoms with E-state index in [1.807, 2.05) is 0 Å². The Morgan fingerprint density at radius 1 is 1.23 bits per heavy atom. The number of epoxide rings is 1. The highest BCUT2D eigenvalue weighted by Gasteiger charge is 2.39. The maximum Gasteiger partial charge on any atom is 0.202 e. The summed E-state index contributed by atoms with van der Waals surface area (Å²) >= 11 is 0. The molecule has 1 saturated heterocycles. The van der Waals surface area contributed by atoms with E-state index in [4.69, 9.17) is 18.3 Å². The molecule has 0 aliphatic carbocycles. The van der Waals surface area contributed by atoms with E-state index < -0.39 is 23.3 Å². The molecular weight excluding hydrogens is 319 g/mol. The molecule has 22 heavy (non-hydrogen) atoms. The second kappa shape index (κ2) is 9.49. The normalized spacial score (nSPS) is 20.2. The number of hydrogen-bond donors (Lipinski definition) is 0. The van der Waals surface area contributed by atoms with Gasteiger partial charge >= 0.3 is 0 Å². The van der Waals surface area contributed by atoms with E-state index in [0.29, 0.717) is 6.10 Å². The zero-order valence-electron chi connectivity index (χ0n) is 14.8. The van der Waals surface area contributed by atoms with Crippen LogP contribution in [0.2, 0.25) is 32.2 Å². The molecule has 1 heterocycles. The average Bonchev–Trinajstić information content (AvgIpc) is 3.21. The number of rotatable bonds is 13. The Hall–Kier alpha value is 0.204. The van der Waals surface area contributed by atoms with Crippen LogP contribution in [-0.2, 0) is 18.3 Å². The fraction of sp³-hybridized carbons (Fsp3) is 1.00. The molecule has 132 valence electrons. The molecule has 1 rings (SSSR count). The predicted molar refractivity (Wildman–Crippen MR) is 92.0 cm³/mol. The highest BCUT2D eigenvalue weighted by molar-refractivity contribution is 6.85. The van der Waals surface area contributed by atoms with E-state index in [1.165, 1.54) is 0 Å². The molecule has 1 aliphatic rings. The Bertz CT molecular complexity index is 312. The van der Waals surface area contributed by atoms with Crippen LogP contribution in [-0.4, -0.2) is 61.6 Å². The first kappa shape index (κ1) is 20.2. The molecule has 0 saturated carbocycles. The Morgan fingerprint density at radius 3 is 2.45 bits per heavy atom. The van der Waals surface area contributed by atoms with Gasteiger partial charge in [-0.15, -0.1) is 0 Å². The maximum absolute atomic E-state index is 12.4. The maximum atomic E-state index is 12.4. The number of alkyl halides is 1. The first-order chi connectivity index (χ1) is 10.3. The van der Waals surface area contributed by atoms with Crippen LogP contribution >= 0.6 is 0 Å². The molecule has 2 atom stereocenters. The van der Waals surface area contributed by atoms with Crippen LogP contribution in [0.1, 0.15) is 19.8 Å². The Kier molecular flexibility index (Phi) is 8.73. The number of hydrogen-bond acceptors (Lipinski definition) is 4. The molecule has 0 aromatic carbocycles. The summed E-state index contributed by atoms with van der Waals surface area (Å²) in [5, 5.41) is 0. The van der Waals surface area contributed by atoms with E-state index in [9.17, 15) is 4.39 Å². The minimum atomic E-state index is -1.97. The van der Waals surface area contributed by atoms with Crippen LogP contribution in [0.25, 0.3) is 0 Å². The second-order valence-corrected chi connectivity index (χ2v) is 15.7. The van der Waals surface area contributed by atoms with Crippen molar-refractivity contribution in [3.05, 3.63) is 0 Å². The van der Waals surface area contributed by atoms with Crippen molar-refractivity contribution in [2.45, 2.75) is 63.8 Å². The largest absolute Gasteiger partial charge is 0.454 e. The summed E-state index contributed by atoms with van der Waals surface area (Å²) in [6.45, 7) is 13.1. The molecular formula is C15H33FO4Si2. The average molecular weight is 353 g/mol. The molecule has 2 unspecified atom stereocenters. The molecule has 0 N–H and O–H groups in total. The highest BCUT2D eigenvalue weighted by atomic mass is 28.4. The van der Waals surface area contributed by atoms with Crippen molar-refractivity contribution in [2.24, 2.45) is 0 Å². The molecule has 7 heteroatoms.